The minimum Gasteiger partial charge on any atom is -0.385 e. The van der Waals surface area contributed by atoms with Crippen LogP contribution in [0, 0.1) is 0 Å². The quantitative estimate of drug-likeness (QED) is 0.671. The Bertz CT molecular complexity index is 373. The zero-order valence-corrected chi connectivity index (χ0v) is 13.6. The smallest absolute Gasteiger partial charge is 0.0474 e. The van der Waals surface area contributed by atoms with Gasteiger partial charge in [-0.1, -0.05) is 36.7 Å². The van der Waals surface area contributed by atoms with Crippen LogP contribution in [0.3, 0.4) is 0 Å². The van der Waals surface area contributed by atoms with Crippen LogP contribution < -0.4 is 5.32 Å². The molecule has 4 heteroatoms. The third kappa shape index (κ3) is 6.23. The van der Waals surface area contributed by atoms with Crippen molar-refractivity contribution in [1.82, 2.24) is 10.2 Å². The van der Waals surface area contributed by atoms with Crippen molar-refractivity contribution in [3.63, 3.8) is 0 Å². The van der Waals surface area contributed by atoms with Crippen LogP contribution in [-0.4, -0.2) is 45.3 Å². The molecule has 0 spiro atoms. The molecule has 1 N–H and O–H groups in total. The van der Waals surface area contributed by atoms with Crippen molar-refractivity contribution < 1.29 is 4.74 Å². The summed E-state index contributed by atoms with van der Waals surface area (Å²) in [5.74, 6) is 0. The number of hydrogen-bond donors (Lipinski definition) is 1. The van der Waals surface area contributed by atoms with Gasteiger partial charge >= 0.3 is 0 Å². The summed E-state index contributed by atoms with van der Waals surface area (Å²) in [4.78, 5) is 2.35. The molecule has 0 aliphatic heterocycles. The van der Waals surface area contributed by atoms with Gasteiger partial charge in [0.1, 0.15) is 0 Å². The average molecular weight is 299 g/mol. The lowest BCUT2D eigenvalue weighted by Gasteiger charge is -2.23. The SMILES string of the molecule is CCNC(CCN(C)CCCOC)c1ccccc1Cl. The zero-order valence-electron chi connectivity index (χ0n) is 12.9. The Balaban J connectivity index is 2.49. The summed E-state index contributed by atoms with van der Waals surface area (Å²) in [5.41, 5.74) is 1.20. The number of rotatable bonds is 10. The van der Waals surface area contributed by atoms with Crippen LogP contribution in [0.1, 0.15) is 31.4 Å². The van der Waals surface area contributed by atoms with Crippen LogP contribution in [0.25, 0.3) is 0 Å². The van der Waals surface area contributed by atoms with Crippen LogP contribution in [0.5, 0.6) is 0 Å². The summed E-state index contributed by atoms with van der Waals surface area (Å²) in [6, 6.07) is 8.42. The number of benzene rings is 1. The number of hydrogen-bond acceptors (Lipinski definition) is 3. The highest BCUT2D eigenvalue weighted by atomic mass is 35.5. The molecule has 20 heavy (non-hydrogen) atoms. The first-order chi connectivity index (χ1) is 9.69. The topological polar surface area (TPSA) is 24.5 Å². The molecule has 0 saturated carbocycles. The van der Waals surface area contributed by atoms with Crippen LogP contribution in [-0.2, 0) is 4.74 Å². The fourth-order valence-corrected chi connectivity index (χ4v) is 2.58. The van der Waals surface area contributed by atoms with Crippen molar-refractivity contribution >= 4 is 11.6 Å². The molecule has 0 aromatic heterocycles. The number of nitrogens with one attached hydrogen (secondary N) is 1. The molecule has 0 amide bonds. The third-order valence-electron chi connectivity index (χ3n) is 3.42. The van der Waals surface area contributed by atoms with Gasteiger partial charge in [0, 0.05) is 31.3 Å². The lowest BCUT2D eigenvalue weighted by molar-refractivity contribution is 0.178. The maximum absolute atomic E-state index is 6.30. The summed E-state index contributed by atoms with van der Waals surface area (Å²) >= 11 is 6.30. The molecule has 1 rings (SSSR count). The number of ether oxygens (including phenoxy) is 1. The molecule has 1 aromatic rings. The lowest BCUT2D eigenvalue weighted by Crippen LogP contribution is -2.28. The van der Waals surface area contributed by atoms with E-state index in [0.717, 1.165) is 44.1 Å². The molecule has 1 aromatic carbocycles. The Morgan fingerprint density at radius 3 is 2.70 bits per heavy atom. The van der Waals surface area contributed by atoms with Crippen LogP contribution >= 0.6 is 11.6 Å². The van der Waals surface area contributed by atoms with Crippen molar-refractivity contribution in [2.45, 2.75) is 25.8 Å². The average Bonchev–Trinajstić information content (AvgIpc) is 2.44. The maximum atomic E-state index is 6.30. The van der Waals surface area contributed by atoms with Gasteiger partial charge in [-0.25, -0.2) is 0 Å². The van der Waals surface area contributed by atoms with Crippen molar-refractivity contribution in [3.05, 3.63) is 34.9 Å². The van der Waals surface area contributed by atoms with E-state index in [9.17, 15) is 0 Å². The molecular weight excluding hydrogens is 272 g/mol. The largest absolute Gasteiger partial charge is 0.385 e. The van der Waals surface area contributed by atoms with E-state index in [-0.39, 0.29) is 0 Å². The molecule has 1 unspecified atom stereocenters. The summed E-state index contributed by atoms with van der Waals surface area (Å²) in [5, 5.41) is 4.37. The van der Waals surface area contributed by atoms with Gasteiger partial charge in [0.15, 0.2) is 0 Å². The van der Waals surface area contributed by atoms with Gasteiger partial charge in [-0.3, -0.25) is 0 Å². The summed E-state index contributed by atoms with van der Waals surface area (Å²) < 4.78 is 5.08. The first-order valence-electron chi connectivity index (χ1n) is 7.34. The second-order valence-electron chi connectivity index (χ2n) is 5.07. The normalized spacial score (nSPS) is 12.8. The summed E-state index contributed by atoms with van der Waals surface area (Å²) in [7, 11) is 3.91. The zero-order chi connectivity index (χ0) is 14.8. The summed E-state index contributed by atoms with van der Waals surface area (Å²) in [6.45, 7) is 6.02. The molecule has 1 atom stereocenters. The highest BCUT2D eigenvalue weighted by Crippen LogP contribution is 2.25. The Labute approximate surface area is 128 Å². The lowest BCUT2D eigenvalue weighted by atomic mass is 10.0. The van der Waals surface area contributed by atoms with Gasteiger partial charge in [0.05, 0.1) is 0 Å². The monoisotopic (exact) mass is 298 g/mol. The molecule has 0 fully saturated rings. The third-order valence-corrected chi connectivity index (χ3v) is 3.76. The van der Waals surface area contributed by atoms with E-state index in [2.05, 4.69) is 30.3 Å². The van der Waals surface area contributed by atoms with Crippen molar-refractivity contribution in [1.29, 1.82) is 0 Å². The van der Waals surface area contributed by atoms with Crippen LogP contribution in [0.15, 0.2) is 24.3 Å². The van der Waals surface area contributed by atoms with Gasteiger partial charge in [-0.15, -0.1) is 0 Å². The number of halogens is 1. The highest BCUT2D eigenvalue weighted by Gasteiger charge is 2.13. The molecule has 0 radical (unpaired) electrons. The van der Waals surface area contributed by atoms with Crippen molar-refractivity contribution in [2.24, 2.45) is 0 Å². The molecule has 114 valence electrons. The molecule has 0 bridgehead atoms. The Kier molecular flexibility index (Phi) is 8.86. The Hall–Kier alpha value is -0.610. The van der Waals surface area contributed by atoms with Crippen LogP contribution in [0.2, 0.25) is 5.02 Å². The highest BCUT2D eigenvalue weighted by molar-refractivity contribution is 6.31. The van der Waals surface area contributed by atoms with Crippen LogP contribution in [0.4, 0.5) is 0 Å². The van der Waals surface area contributed by atoms with Gasteiger partial charge in [0.2, 0.25) is 0 Å². The second kappa shape index (κ2) is 10.2. The second-order valence-corrected chi connectivity index (χ2v) is 5.48. The molecular formula is C16H27ClN2O. The molecule has 0 aliphatic carbocycles. The summed E-state index contributed by atoms with van der Waals surface area (Å²) in [6.07, 6.45) is 2.13. The van der Waals surface area contributed by atoms with Gasteiger partial charge in [0.25, 0.3) is 0 Å². The predicted octanol–water partition coefficient (Wildman–Crippen LogP) is 3.35. The van der Waals surface area contributed by atoms with E-state index in [0.29, 0.717) is 6.04 Å². The van der Waals surface area contributed by atoms with Crippen molar-refractivity contribution in [3.8, 4) is 0 Å². The predicted molar refractivity (Wildman–Crippen MR) is 86.5 cm³/mol. The van der Waals surface area contributed by atoms with E-state index in [1.807, 2.05) is 18.2 Å². The fourth-order valence-electron chi connectivity index (χ4n) is 2.31. The minimum atomic E-state index is 0.318. The Morgan fingerprint density at radius 1 is 1.30 bits per heavy atom. The number of methoxy groups -OCH3 is 1. The Morgan fingerprint density at radius 2 is 2.05 bits per heavy atom. The van der Waals surface area contributed by atoms with E-state index >= 15 is 0 Å². The maximum Gasteiger partial charge on any atom is 0.0474 e. The first-order valence-corrected chi connectivity index (χ1v) is 7.72. The fraction of sp³-hybridized carbons (Fsp3) is 0.625. The standard InChI is InChI=1S/C16H27ClN2O/c1-4-18-16(14-8-5-6-9-15(14)17)10-12-19(2)11-7-13-20-3/h5-6,8-9,16,18H,4,7,10-13H2,1-3H3. The van der Waals surface area contributed by atoms with E-state index < -0.39 is 0 Å². The first kappa shape index (κ1) is 17.4. The minimum absolute atomic E-state index is 0.318. The van der Waals surface area contributed by atoms with E-state index in [1.165, 1.54) is 5.56 Å². The molecule has 0 aliphatic rings. The molecule has 0 heterocycles. The van der Waals surface area contributed by atoms with Crippen molar-refractivity contribution in [2.75, 3.05) is 40.4 Å². The van der Waals surface area contributed by atoms with Gasteiger partial charge < -0.3 is 15.0 Å². The van der Waals surface area contributed by atoms with E-state index in [1.54, 1.807) is 7.11 Å². The molecule has 0 saturated heterocycles. The van der Waals surface area contributed by atoms with Gasteiger partial charge in [-0.2, -0.15) is 0 Å². The molecule has 3 nitrogen and oxygen atoms in total. The van der Waals surface area contributed by atoms with Gasteiger partial charge in [-0.05, 0) is 44.6 Å². The number of nitrogens with zero attached hydrogens (tertiary/aromatic N) is 1. The van der Waals surface area contributed by atoms with E-state index in [4.69, 9.17) is 16.3 Å².